The first-order valence-electron chi connectivity index (χ1n) is 20.1. The number of hydrogen-bond donors (Lipinski definition) is 1. The predicted molar refractivity (Wildman–Crippen MR) is 198 cm³/mol. The Kier molecular flexibility index (Phi) is 8.78. The molecule has 1 aromatic rings. The van der Waals surface area contributed by atoms with Gasteiger partial charge >= 0.3 is 17.9 Å². The zero-order valence-electron chi connectivity index (χ0n) is 32.7. The average Bonchev–Trinajstić information content (AvgIpc) is 3.47. The lowest BCUT2D eigenvalue weighted by Crippen LogP contribution is -2.67. The van der Waals surface area contributed by atoms with Gasteiger partial charge in [-0.1, -0.05) is 91.0 Å². The molecule has 0 amide bonds. The Hall–Kier alpha value is -2.63. The Morgan fingerprint density at radius 3 is 2.10 bits per heavy atom. The van der Waals surface area contributed by atoms with Crippen molar-refractivity contribution in [1.29, 1.82) is 0 Å². The van der Waals surface area contributed by atoms with E-state index >= 15 is 0 Å². The molecule has 6 aliphatic rings. The Bertz CT molecular complexity index is 1580. The summed E-state index contributed by atoms with van der Waals surface area (Å²) < 4.78 is 12.2. The first kappa shape index (κ1) is 36.7. The van der Waals surface area contributed by atoms with Crippen molar-refractivity contribution in [3.63, 3.8) is 0 Å². The summed E-state index contributed by atoms with van der Waals surface area (Å²) in [5.41, 5.74) is 1.20. The van der Waals surface area contributed by atoms with Crippen LogP contribution in [0, 0.1) is 73.9 Å². The number of carboxylic acid groups (broad SMARTS) is 1. The third-order valence-corrected chi connectivity index (χ3v) is 17.8. The lowest BCUT2D eigenvalue weighted by atomic mass is 9.32. The molecule has 0 radical (unpaired) electrons. The molecule has 6 saturated carbocycles. The van der Waals surface area contributed by atoms with E-state index in [2.05, 4.69) is 48.1 Å². The van der Waals surface area contributed by atoms with Gasteiger partial charge in [-0.05, 0) is 134 Å². The van der Waals surface area contributed by atoms with Gasteiger partial charge in [-0.25, -0.2) is 0 Å². The number of allylic oxidation sites excluding steroid dienone is 1. The second kappa shape index (κ2) is 12.2. The summed E-state index contributed by atoms with van der Waals surface area (Å²) in [4.78, 5) is 40.0. The number of hydrogen-bond acceptors (Lipinski definition) is 5. The Balaban J connectivity index is 1.05. The second-order valence-electron chi connectivity index (χ2n) is 20.2. The number of aliphatic carboxylic acids is 1. The van der Waals surface area contributed by atoms with Gasteiger partial charge in [-0.15, -0.1) is 0 Å². The minimum atomic E-state index is -0.598. The lowest BCUT2D eigenvalue weighted by molar-refractivity contribution is -0.252. The van der Waals surface area contributed by atoms with Crippen molar-refractivity contribution >= 4 is 17.9 Å². The minimum absolute atomic E-state index is 0.0909. The number of carboxylic acids is 1. The van der Waals surface area contributed by atoms with E-state index in [1.165, 1.54) is 5.57 Å². The van der Waals surface area contributed by atoms with Crippen LogP contribution in [-0.2, 0) is 30.5 Å². The number of rotatable bonds is 7. The predicted octanol–water partition coefficient (Wildman–Crippen LogP) is 10.0. The van der Waals surface area contributed by atoms with Crippen LogP contribution in [0.25, 0.3) is 0 Å². The molecule has 6 fully saturated rings. The van der Waals surface area contributed by atoms with E-state index in [0.717, 1.165) is 69.8 Å². The van der Waals surface area contributed by atoms with E-state index in [1.807, 2.05) is 44.2 Å². The second-order valence-corrected chi connectivity index (χ2v) is 20.2. The van der Waals surface area contributed by atoms with Crippen molar-refractivity contribution < 1.29 is 29.0 Å². The van der Waals surface area contributed by atoms with Gasteiger partial charge in [0.15, 0.2) is 0 Å². The number of ether oxygens (including phenoxy) is 2. The van der Waals surface area contributed by atoms with Gasteiger partial charge in [0.25, 0.3) is 0 Å². The van der Waals surface area contributed by atoms with Gasteiger partial charge in [0, 0.05) is 5.41 Å². The van der Waals surface area contributed by atoms with E-state index in [9.17, 15) is 19.5 Å². The van der Waals surface area contributed by atoms with Gasteiger partial charge in [0.2, 0.25) is 0 Å². The number of esters is 2. The van der Waals surface area contributed by atoms with Crippen molar-refractivity contribution in [2.45, 2.75) is 139 Å². The first-order chi connectivity index (χ1) is 23.8. The van der Waals surface area contributed by atoms with E-state index < -0.39 is 16.8 Å². The van der Waals surface area contributed by atoms with Gasteiger partial charge < -0.3 is 14.6 Å². The molecule has 6 heteroatoms. The first-order valence-corrected chi connectivity index (χ1v) is 20.1. The summed E-state index contributed by atoms with van der Waals surface area (Å²) >= 11 is 0. The van der Waals surface area contributed by atoms with Crippen molar-refractivity contribution in [2.24, 2.45) is 73.9 Å². The van der Waals surface area contributed by atoms with Crippen LogP contribution in [-0.4, -0.2) is 29.1 Å². The van der Waals surface area contributed by atoms with Crippen molar-refractivity contribution in [3.8, 4) is 0 Å². The molecule has 51 heavy (non-hydrogen) atoms. The quantitative estimate of drug-likeness (QED) is 0.225. The highest BCUT2D eigenvalue weighted by Gasteiger charge is 2.72. The van der Waals surface area contributed by atoms with Crippen molar-refractivity contribution in [3.05, 3.63) is 48.0 Å². The van der Waals surface area contributed by atoms with E-state index in [4.69, 9.17) is 9.47 Å². The number of carbonyl (C=O) groups is 3. The zero-order valence-corrected chi connectivity index (χ0v) is 32.7. The highest BCUT2D eigenvalue weighted by atomic mass is 16.5. The smallest absolute Gasteiger partial charge is 0.309 e. The molecule has 0 aliphatic heterocycles. The average molecular weight is 701 g/mol. The van der Waals surface area contributed by atoms with Crippen LogP contribution in [0.15, 0.2) is 42.5 Å². The number of fused-ring (bicyclic) bond motifs is 7. The fourth-order valence-electron chi connectivity index (χ4n) is 14.5. The van der Waals surface area contributed by atoms with E-state index in [-0.39, 0.29) is 64.1 Å². The molecule has 0 bridgehead atoms. The summed E-state index contributed by atoms with van der Waals surface area (Å²) in [6, 6.07) is 9.71. The maximum absolute atomic E-state index is 13.9. The van der Waals surface area contributed by atoms with E-state index in [0.29, 0.717) is 30.1 Å². The standard InChI is InChI=1S/C45H64O6/c1-27(2)29-17-22-45(39(48)49)24-23-43(8)30(36(29)45)15-16-34-42(7)20-19-35(41(5,6)33(42)18-21-44(34,43)9)51-38(47)32-25-31(40(32,3)4)37(46)50-26-28-13-11-10-12-14-28/h10-14,29-36H,1,15-26H2,2-9H3,(H,48,49)/t29-,30+,31-,32+,33-,34+,35-,36+,42-,43+,44+,45-/m0/s1. The molecule has 0 spiro atoms. The molecule has 0 heterocycles. The fourth-order valence-corrected chi connectivity index (χ4v) is 14.5. The molecule has 0 unspecified atom stereocenters. The molecule has 7 rings (SSSR count). The van der Waals surface area contributed by atoms with E-state index in [1.54, 1.807) is 0 Å². The summed E-state index contributed by atoms with van der Waals surface area (Å²) in [7, 11) is 0. The molecule has 6 aliphatic carbocycles. The molecule has 6 nitrogen and oxygen atoms in total. The van der Waals surface area contributed by atoms with Gasteiger partial charge in [-0.3, -0.25) is 14.4 Å². The third-order valence-electron chi connectivity index (χ3n) is 17.8. The summed E-state index contributed by atoms with van der Waals surface area (Å²) in [6.07, 6.45) is 10.3. The van der Waals surface area contributed by atoms with Gasteiger partial charge in [0.1, 0.15) is 12.7 Å². The minimum Gasteiger partial charge on any atom is -0.481 e. The van der Waals surface area contributed by atoms with Crippen LogP contribution in [0.3, 0.4) is 0 Å². The number of carbonyl (C=O) groups excluding carboxylic acids is 2. The molecule has 0 saturated heterocycles. The molecular formula is C45H64O6. The Morgan fingerprint density at radius 1 is 0.765 bits per heavy atom. The van der Waals surface area contributed by atoms with Crippen molar-refractivity contribution in [2.75, 3.05) is 0 Å². The molecular weight excluding hydrogens is 636 g/mol. The van der Waals surface area contributed by atoms with Gasteiger partial charge in [0.05, 0.1) is 17.3 Å². The molecule has 280 valence electrons. The van der Waals surface area contributed by atoms with Crippen LogP contribution < -0.4 is 0 Å². The van der Waals surface area contributed by atoms with Crippen LogP contribution in [0.2, 0.25) is 0 Å². The molecule has 1 aromatic carbocycles. The van der Waals surface area contributed by atoms with Gasteiger partial charge in [-0.2, -0.15) is 0 Å². The molecule has 12 atom stereocenters. The van der Waals surface area contributed by atoms with Crippen LogP contribution >= 0.6 is 0 Å². The maximum atomic E-state index is 13.9. The Labute approximate surface area is 306 Å². The third kappa shape index (κ3) is 5.17. The monoisotopic (exact) mass is 700 g/mol. The largest absolute Gasteiger partial charge is 0.481 e. The van der Waals surface area contributed by atoms with Crippen LogP contribution in [0.4, 0.5) is 0 Å². The van der Waals surface area contributed by atoms with Crippen LogP contribution in [0.1, 0.15) is 132 Å². The topological polar surface area (TPSA) is 89.9 Å². The normalized spacial score (nSPS) is 44.7. The van der Waals surface area contributed by atoms with Crippen molar-refractivity contribution in [1.82, 2.24) is 0 Å². The van der Waals surface area contributed by atoms with Crippen LogP contribution in [0.5, 0.6) is 0 Å². The lowest BCUT2D eigenvalue weighted by Gasteiger charge is -2.72. The Morgan fingerprint density at radius 2 is 1.45 bits per heavy atom. The highest BCUT2D eigenvalue weighted by molar-refractivity contribution is 5.82. The summed E-state index contributed by atoms with van der Waals surface area (Å²) in [5.74, 6) is 0.286. The SMILES string of the molecule is C=C(C)[C@@H]1CC[C@]2(C(=O)O)CC[C@]3(C)[C@H](CC[C@@H]4[C@@]5(C)CC[C@H](OC(=O)[C@H]6C[C@@H](C(=O)OCc7ccccc7)C6(C)C)C(C)(C)[C@@H]5CC[C@]43C)[C@@H]12. The summed E-state index contributed by atoms with van der Waals surface area (Å²) in [6.45, 7) is 23.2. The highest BCUT2D eigenvalue weighted by Crippen LogP contribution is 2.77. The molecule has 1 N–H and O–H groups in total. The maximum Gasteiger partial charge on any atom is 0.309 e. The molecule has 0 aromatic heterocycles. The number of benzene rings is 1. The fraction of sp³-hybridized carbons (Fsp3) is 0.756. The summed E-state index contributed by atoms with van der Waals surface area (Å²) in [5, 5.41) is 10.7. The zero-order chi connectivity index (χ0) is 36.9.